The first kappa shape index (κ1) is 40.2. The van der Waals surface area contributed by atoms with Gasteiger partial charge in [0, 0.05) is 25.9 Å². The molecule has 1 atom stereocenters. The quantitative estimate of drug-likeness (QED) is 0.135. The fraction of sp³-hybridized carbons (Fsp3) is 0.844. The van der Waals surface area contributed by atoms with Crippen molar-refractivity contribution >= 4 is 6.09 Å². The molecule has 246 valence electrons. The molecular weight excluding hydrogens is 556 g/mol. The number of methoxy groups -OCH3 is 1. The molecule has 0 saturated heterocycles. The molecule has 0 aromatic carbocycles. The largest absolute Gasteiger partial charge is 1.00 e. The Morgan fingerprint density at radius 2 is 1.36 bits per heavy atom. The number of amides is 1. The van der Waals surface area contributed by atoms with Gasteiger partial charge in [-0.1, -0.05) is 103 Å². The highest BCUT2D eigenvalue weighted by Gasteiger charge is 2.16. The fourth-order valence-electron chi connectivity index (χ4n) is 4.80. The molecule has 1 aromatic rings. The zero-order valence-electron chi connectivity index (χ0n) is 27.3. The molecule has 0 aliphatic heterocycles. The number of carbonyl (C=O) groups is 1. The molecule has 9 nitrogen and oxygen atoms in total. The van der Waals surface area contributed by atoms with Crippen molar-refractivity contribution in [1.29, 1.82) is 0 Å². The summed E-state index contributed by atoms with van der Waals surface area (Å²) < 4.78 is 14.1. The van der Waals surface area contributed by atoms with Crippen LogP contribution in [0, 0.1) is 0 Å². The van der Waals surface area contributed by atoms with Crippen LogP contribution in [-0.2, 0) is 22.6 Å². The SMILES string of the molecule is CCCCCCCCCCCCCCCCCCNC(=O)OCC(Cn1ccc(=O)n(CC[N+](C)(C)C)c1=O)OC.[Cl-]. The Kier molecular flexibility index (Phi) is 23.5. The Bertz CT molecular complexity index is 929. The van der Waals surface area contributed by atoms with E-state index in [2.05, 4.69) is 12.2 Å². The second-order valence-corrected chi connectivity index (χ2v) is 12.4. The summed E-state index contributed by atoms with van der Waals surface area (Å²) in [4.78, 5) is 37.1. The van der Waals surface area contributed by atoms with E-state index in [9.17, 15) is 14.4 Å². The summed E-state index contributed by atoms with van der Waals surface area (Å²) in [5.74, 6) is 0. The van der Waals surface area contributed by atoms with Gasteiger partial charge >= 0.3 is 11.8 Å². The monoisotopic (exact) mass is 616 g/mol. The van der Waals surface area contributed by atoms with Crippen molar-refractivity contribution in [2.24, 2.45) is 0 Å². The minimum atomic E-state index is -0.502. The third-order valence-electron chi connectivity index (χ3n) is 7.57. The van der Waals surface area contributed by atoms with E-state index in [1.54, 1.807) is 0 Å². The van der Waals surface area contributed by atoms with E-state index in [0.29, 0.717) is 24.1 Å². The normalized spacial score (nSPS) is 12.1. The summed E-state index contributed by atoms with van der Waals surface area (Å²) in [5, 5.41) is 2.80. The minimum Gasteiger partial charge on any atom is -1.00 e. The number of nitrogens with one attached hydrogen (secondary N) is 1. The predicted molar refractivity (Wildman–Crippen MR) is 168 cm³/mol. The Labute approximate surface area is 261 Å². The highest BCUT2D eigenvalue weighted by molar-refractivity contribution is 5.67. The number of alkyl carbamates (subject to hydrolysis) is 1. The maximum atomic E-state index is 12.8. The van der Waals surface area contributed by atoms with Gasteiger partial charge in [-0.2, -0.15) is 0 Å². The van der Waals surface area contributed by atoms with Gasteiger partial charge in [0.1, 0.15) is 12.7 Å². The van der Waals surface area contributed by atoms with Crippen molar-refractivity contribution < 1.29 is 31.2 Å². The summed E-state index contributed by atoms with van der Waals surface area (Å²) in [6.07, 6.45) is 21.6. The van der Waals surface area contributed by atoms with E-state index < -0.39 is 12.2 Å². The molecule has 0 aliphatic rings. The van der Waals surface area contributed by atoms with E-state index >= 15 is 0 Å². The third-order valence-corrected chi connectivity index (χ3v) is 7.57. The molecule has 0 aliphatic carbocycles. The van der Waals surface area contributed by atoms with Crippen molar-refractivity contribution in [2.75, 3.05) is 47.9 Å². The molecule has 0 spiro atoms. The predicted octanol–water partition coefficient (Wildman–Crippen LogP) is 2.72. The Hall–Kier alpha value is -1.84. The number of halogens is 1. The van der Waals surface area contributed by atoms with Crippen LogP contribution in [0.4, 0.5) is 4.79 Å². The Morgan fingerprint density at radius 1 is 0.857 bits per heavy atom. The summed E-state index contributed by atoms with van der Waals surface area (Å²) >= 11 is 0. The summed E-state index contributed by atoms with van der Waals surface area (Å²) in [5.41, 5.74) is -0.709. The highest BCUT2D eigenvalue weighted by atomic mass is 35.5. The van der Waals surface area contributed by atoms with Gasteiger partial charge < -0.3 is 31.7 Å². The topological polar surface area (TPSA) is 91.6 Å². The van der Waals surface area contributed by atoms with Crippen molar-refractivity contribution in [3.63, 3.8) is 0 Å². The van der Waals surface area contributed by atoms with Crippen LogP contribution in [0.25, 0.3) is 0 Å². The van der Waals surface area contributed by atoms with Gasteiger partial charge in [-0.3, -0.25) is 13.9 Å². The number of ether oxygens (including phenoxy) is 2. The van der Waals surface area contributed by atoms with E-state index in [1.807, 2.05) is 21.1 Å². The van der Waals surface area contributed by atoms with Gasteiger partial charge in [0.05, 0.1) is 40.8 Å². The van der Waals surface area contributed by atoms with Gasteiger partial charge in [0.2, 0.25) is 0 Å². The molecule has 0 bridgehead atoms. The van der Waals surface area contributed by atoms with Gasteiger partial charge in [-0.05, 0) is 6.42 Å². The second kappa shape index (κ2) is 24.6. The van der Waals surface area contributed by atoms with E-state index in [0.717, 1.165) is 12.8 Å². The first-order valence-electron chi connectivity index (χ1n) is 16.2. The number of unbranched alkanes of at least 4 members (excludes halogenated alkanes) is 15. The lowest BCUT2D eigenvalue weighted by Crippen LogP contribution is -3.00. The molecule has 0 fully saturated rings. The molecule has 1 N–H and O–H groups in total. The van der Waals surface area contributed by atoms with Crippen molar-refractivity contribution in [1.82, 2.24) is 14.5 Å². The first-order valence-corrected chi connectivity index (χ1v) is 16.2. The number of aromatic nitrogens is 2. The minimum absolute atomic E-state index is 0. The summed E-state index contributed by atoms with van der Waals surface area (Å²) in [6.45, 7) is 4.05. The standard InChI is InChI=1S/C32H60N4O5.ClH/c1-6-7-8-9-10-11-12-13-14-15-16-17-18-19-20-21-23-33-31(38)41-28-29(40-5)27-34-24-22-30(37)35(32(34)39)25-26-36(2,3)4;/h22,24,29H,6-21,23,25-28H2,1-5H3;1H. The maximum absolute atomic E-state index is 12.8. The molecule has 10 heteroatoms. The van der Waals surface area contributed by atoms with Gasteiger partial charge in [-0.15, -0.1) is 0 Å². The highest BCUT2D eigenvalue weighted by Crippen LogP contribution is 2.13. The molecule has 1 heterocycles. The van der Waals surface area contributed by atoms with Crippen LogP contribution in [0.1, 0.15) is 110 Å². The molecular formula is C32H61ClN4O5. The number of nitrogens with zero attached hydrogens (tertiary/aromatic N) is 3. The number of carbonyl (C=O) groups excluding carboxylic acids is 1. The van der Waals surface area contributed by atoms with Crippen molar-refractivity contribution in [2.45, 2.75) is 129 Å². The third kappa shape index (κ3) is 20.1. The Balaban J connectivity index is 0.0000168. The van der Waals surface area contributed by atoms with E-state index in [1.165, 1.54) is 118 Å². The number of rotatable bonds is 25. The number of likely N-dealkylation sites (N-methyl/N-ethyl adjacent to an activating group) is 1. The smallest absolute Gasteiger partial charge is 0.407 e. The zero-order valence-corrected chi connectivity index (χ0v) is 28.1. The molecule has 42 heavy (non-hydrogen) atoms. The summed E-state index contributed by atoms with van der Waals surface area (Å²) in [6, 6.07) is 1.38. The molecule has 1 amide bonds. The second-order valence-electron chi connectivity index (χ2n) is 12.4. The molecule has 1 rings (SSSR count). The lowest BCUT2D eigenvalue weighted by atomic mass is 10.0. The number of hydrogen-bond acceptors (Lipinski definition) is 5. The van der Waals surface area contributed by atoms with Gasteiger partial charge in [0.15, 0.2) is 0 Å². The van der Waals surface area contributed by atoms with Crippen LogP contribution in [-0.4, -0.2) is 73.8 Å². The summed E-state index contributed by atoms with van der Waals surface area (Å²) in [7, 11) is 7.55. The Morgan fingerprint density at radius 3 is 1.83 bits per heavy atom. The van der Waals surface area contributed by atoms with Gasteiger partial charge in [0.25, 0.3) is 5.56 Å². The molecule has 1 unspecified atom stereocenters. The average Bonchev–Trinajstić information content (AvgIpc) is 2.93. The van der Waals surface area contributed by atoms with Crippen molar-refractivity contribution in [3.8, 4) is 0 Å². The van der Waals surface area contributed by atoms with Crippen LogP contribution in [0.2, 0.25) is 0 Å². The number of hydrogen-bond donors (Lipinski definition) is 1. The zero-order chi connectivity index (χ0) is 30.3. The number of quaternary nitrogens is 1. The maximum Gasteiger partial charge on any atom is 0.407 e. The van der Waals surface area contributed by atoms with Gasteiger partial charge in [-0.25, -0.2) is 9.59 Å². The molecule has 0 saturated carbocycles. The fourth-order valence-corrected chi connectivity index (χ4v) is 4.80. The first-order chi connectivity index (χ1) is 19.7. The molecule has 1 aromatic heterocycles. The van der Waals surface area contributed by atoms with Crippen LogP contribution in [0.15, 0.2) is 21.9 Å². The molecule has 0 radical (unpaired) electrons. The average molecular weight is 617 g/mol. The lowest BCUT2D eigenvalue weighted by molar-refractivity contribution is -0.871. The van der Waals surface area contributed by atoms with E-state index in [-0.39, 0.29) is 36.8 Å². The van der Waals surface area contributed by atoms with Crippen LogP contribution in [0.3, 0.4) is 0 Å². The van der Waals surface area contributed by atoms with Crippen molar-refractivity contribution in [3.05, 3.63) is 33.1 Å². The van der Waals surface area contributed by atoms with Crippen LogP contribution < -0.4 is 29.0 Å². The van der Waals surface area contributed by atoms with E-state index in [4.69, 9.17) is 9.47 Å². The van der Waals surface area contributed by atoms with Crippen LogP contribution >= 0.6 is 0 Å². The van der Waals surface area contributed by atoms with Crippen LogP contribution in [0.5, 0.6) is 0 Å². The lowest BCUT2D eigenvalue weighted by Gasteiger charge is -2.24.